The third-order valence-corrected chi connectivity index (χ3v) is 4.49. The molecule has 2 rings (SSSR count). The van der Waals surface area contributed by atoms with E-state index in [1.165, 1.54) is 13.8 Å². The summed E-state index contributed by atoms with van der Waals surface area (Å²) in [7, 11) is 0. The van der Waals surface area contributed by atoms with Gasteiger partial charge in [-0.25, -0.2) is 4.79 Å². The van der Waals surface area contributed by atoms with E-state index in [2.05, 4.69) is 10.1 Å². The number of nitrogens with one attached hydrogen (secondary N) is 1. The van der Waals surface area contributed by atoms with Gasteiger partial charge in [-0.05, 0) is 43.3 Å². The monoisotopic (exact) mass is 415 g/mol. The molecular formula is C18H16F3NO5S. The average molecular weight is 415 g/mol. The number of esters is 1. The number of hydrogen-bond acceptors (Lipinski definition) is 6. The Morgan fingerprint density at radius 2 is 1.75 bits per heavy atom. The number of hydrogen-bond donors (Lipinski definition) is 1. The SMILES string of the molecule is CC(=O)NCc1ccc(C(=O)C(C)OC(=O)c2ccc(OC(F)(F)F)cc2)s1. The molecule has 10 heteroatoms. The van der Waals surface area contributed by atoms with Crippen LogP contribution < -0.4 is 10.1 Å². The van der Waals surface area contributed by atoms with Crippen molar-refractivity contribution >= 4 is 29.0 Å². The summed E-state index contributed by atoms with van der Waals surface area (Å²) in [6.45, 7) is 3.06. The van der Waals surface area contributed by atoms with E-state index in [1.807, 2.05) is 0 Å². The molecule has 0 spiro atoms. The van der Waals surface area contributed by atoms with Crippen molar-refractivity contribution in [3.05, 3.63) is 51.7 Å². The van der Waals surface area contributed by atoms with Gasteiger partial charge >= 0.3 is 12.3 Å². The number of amides is 1. The van der Waals surface area contributed by atoms with Crippen molar-refractivity contribution in [3.63, 3.8) is 0 Å². The van der Waals surface area contributed by atoms with Gasteiger partial charge in [0.2, 0.25) is 11.7 Å². The number of rotatable bonds is 7. The number of ketones is 1. The number of alkyl halides is 3. The Kier molecular flexibility index (Phi) is 6.79. The zero-order chi connectivity index (χ0) is 20.9. The molecule has 1 aromatic heterocycles. The van der Waals surface area contributed by atoms with Crippen molar-refractivity contribution in [2.45, 2.75) is 32.9 Å². The van der Waals surface area contributed by atoms with Gasteiger partial charge in [0.1, 0.15) is 5.75 Å². The van der Waals surface area contributed by atoms with Crippen LogP contribution in [0.4, 0.5) is 13.2 Å². The number of ether oxygens (including phenoxy) is 2. The summed E-state index contributed by atoms with van der Waals surface area (Å²) in [4.78, 5) is 36.5. The molecule has 0 fully saturated rings. The molecule has 1 atom stereocenters. The van der Waals surface area contributed by atoms with E-state index in [4.69, 9.17) is 4.74 Å². The van der Waals surface area contributed by atoms with Crippen LogP contribution in [0.5, 0.6) is 5.75 Å². The van der Waals surface area contributed by atoms with Crippen LogP contribution in [0.2, 0.25) is 0 Å². The van der Waals surface area contributed by atoms with Gasteiger partial charge in [-0.1, -0.05) is 0 Å². The van der Waals surface area contributed by atoms with Crippen molar-refractivity contribution in [2.75, 3.05) is 0 Å². The fraction of sp³-hybridized carbons (Fsp3) is 0.278. The summed E-state index contributed by atoms with van der Waals surface area (Å²) in [5.74, 6) is -1.95. The molecule has 0 saturated carbocycles. The Morgan fingerprint density at radius 3 is 2.32 bits per heavy atom. The maximum absolute atomic E-state index is 12.4. The predicted molar refractivity (Wildman–Crippen MR) is 94.2 cm³/mol. The van der Waals surface area contributed by atoms with E-state index >= 15 is 0 Å². The van der Waals surface area contributed by atoms with E-state index in [9.17, 15) is 27.6 Å². The molecule has 0 bridgehead atoms. The molecule has 1 unspecified atom stereocenters. The molecule has 6 nitrogen and oxygen atoms in total. The standard InChI is InChI=1S/C18H16F3NO5S/c1-10(16(24)15-8-7-14(28-15)9-22-11(2)23)26-17(25)12-3-5-13(6-4-12)27-18(19,20)21/h3-8,10H,9H2,1-2H3,(H,22,23). The van der Waals surface area contributed by atoms with Crippen molar-refractivity contribution in [1.82, 2.24) is 5.32 Å². The maximum atomic E-state index is 12.4. The van der Waals surface area contributed by atoms with Gasteiger partial charge in [0, 0.05) is 11.8 Å². The molecule has 0 aliphatic rings. The zero-order valence-corrected chi connectivity index (χ0v) is 15.6. The van der Waals surface area contributed by atoms with Gasteiger partial charge in [0.25, 0.3) is 0 Å². The van der Waals surface area contributed by atoms with E-state index in [1.54, 1.807) is 12.1 Å². The first-order chi connectivity index (χ1) is 13.0. The number of Topliss-reactive ketones (excluding diaryl/α,β-unsaturated/α-hetero) is 1. The highest BCUT2D eigenvalue weighted by atomic mass is 32.1. The lowest BCUT2D eigenvalue weighted by molar-refractivity contribution is -0.274. The molecule has 1 amide bonds. The topological polar surface area (TPSA) is 81.7 Å². The first-order valence-electron chi connectivity index (χ1n) is 7.99. The highest BCUT2D eigenvalue weighted by Gasteiger charge is 2.31. The second-order valence-electron chi connectivity index (χ2n) is 5.66. The first kappa shape index (κ1) is 21.4. The molecule has 0 aliphatic heterocycles. The largest absolute Gasteiger partial charge is 0.573 e. The number of benzene rings is 1. The van der Waals surface area contributed by atoms with E-state index in [-0.39, 0.29) is 18.0 Å². The summed E-state index contributed by atoms with van der Waals surface area (Å²) in [6.07, 6.45) is -5.92. The Bertz CT molecular complexity index is 861. The van der Waals surface area contributed by atoms with E-state index in [0.29, 0.717) is 4.88 Å². The van der Waals surface area contributed by atoms with Crippen LogP contribution in [0.25, 0.3) is 0 Å². The Balaban J connectivity index is 1.96. The van der Waals surface area contributed by atoms with Crippen LogP contribution >= 0.6 is 11.3 Å². The summed E-state index contributed by atoms with van der Waals surface area (Å²) in [5, 5.41) is 2.61. The number of carbonyl (C=O) groups excluding carboxylic acids is 3. The van der Waals surface area contributed by atoms with Crippen LogP contribution in [0.15, 0.2) is 36.4 Å². The summed E-state index contributed by atoms with van der Waals surface area (Å²) < 4.78 is 45.2. The van der Waals surface area contributed by atoms with Crippen LogP contribution in [-0.2, 0) is 16.1 Å². The number of carbonyl (C=O) groups is 3. The normalized spacial score (nSPS) is 12.2. The smallest absolute Gasteiger partial charge is 0.451 e. The lowest BCUT2D eigenvalue weighted by Gasteiger charge is -2.12. The summed E-state index contributed by atoms with van der Waals surface area (Å²) in [6, 6.07) is 7.42. The molecular weight excluding hydrogens is 399 g/mol. The van der Waals surface area contributed by atoms with Crippen molar-refractivity contribution < 1.29 is 37.0 Å². The third-order valence-electron chi connectivity index (χ3n) is 3.39. The Morgan fingerprint density at radius 1 is 1.11 bits per heavy atom. The average Bonchev–Trinajstić information content (AvgIpc) is 3.07. The fourth-order valence-electron chi connectivity index (χ4n) is 2.09. The molecule has 0 saturated heterocycles. The van der Waals surface area contributed by atoms with Crippen LogP contribution in [0.1, 0.15) is 38.8 Å². The van der Waals surface area contributed by atoms with Crippen LogP contribution in [-0.4, -0.2) is 30.1 Å². The minimum atomic E-state index is -4.83. The van der Waals surface area contributed by atoms with Gasteiger partial charge in [-0.2, -0.15) is 0 Å². The highest BCUT2D eigenvalue weighted by molar-refractivity contribution is 7.14. The zero-order valence-electron chi connectivity index (χ0n) is 14.8. The van der Waals surface area contributed by atoms with Gasteiger partial charge in [0.15, 0.2) is 6.10 Å². The minimum absolute atomic E-state index is 0.0216. The predicted octanol–water partition coefficient (Wildman–Crippen LogP) is 3.71. The van der Waals surface area contributed by atoms with Crippen LogP contribution in [0.3, 0.4) is 0 Å². The van der Waals surface area contributed by atoms with Crippen molar-refractivity contribution in [2.24, 2.45) is 0 Å². The first-order valence-corrected chi connectivity index (χ1v) is 8.81. The number of halogens is 3. The Hall–Kier alpha value is -2.88. The van der Waals surface area contributed by atoms with E-state index < -0.39 is 30.0 Å². The fourth-order valence-corrected chi connectivity index (χ4v) is 3.06. The minimum Gasteiger partial charge on any atom is -0.451 e. The van der Waals surface area contributed by atoms with Crippen molar-refractivity contribution in [3.8, 4) is 5.75 Å². The molecule has 0 aliphatic carbocycles. The van der Waals surface area contributed by atoms with Gasteiger partial charge in [-0.3, -0.25) is 9.59 Å². The quantitative estimate of drug-likeness (QED) is 0.551. The third kappa shape index (κ3) is 6.38. The Labute approximate surface area is 162 Å². The molecule has 150 valence electrons. The van der Waals surface area contributed by atoms with Gasteiger partial charge in [0.05, 0.1) is 17.0 Å². The molecule has 1 heterocycles. The number of thiophene rings is 1. The van der Waals surface area contributed by atoms with Crippen LogP contribution in [0, 0.1) is 0 Å². The lowest BCUT2D eigenvalue weighted by atomic mass is 10.2. The summed E-state index contributed by atoms with van der Waals surface area (Å²) >= 11 is 1.16. The van der Waals surface area contributed by atoms with Crippen molar-refractivity contribution in [1.29, 1.82) is 0 Å². The summed E-state index contributed by atoms with van der Waals surface area (Å²) in [5.41, 5.74) is -0.0216. The van der Waals surface area contributed by atoms with Gasteiger partial charge in [-0.15, -0.1) is 24.5 Å². The maximum Gasteiger partial charge on any atom is 0.573 e. The molecule has 1 aromatic carbocycles. The molecule has 28 heavy (non-hydrogen) atoms. The second kappa shape index (κ2) is 8.87. The molecule has 0 radical (unpaired) electrons. The van der Waals surface area contributed by atoms with E-state index in [0.717, 1.165) is 40.5 Å². The molecule has 1 N–H and O–H groups in total. The second-order valence-corrected chi connectivity index (χ2v) is 6.83. The van der Waals surface area contributed by atoms with Gasteiger partial charge < -0.3 is 14.8 Å². The lowest BCUT2D eigenvalue weighted by Crippen LogP contribution is -2.23. The highest BCUT2D eigenvalue weighted by Crippen LogP contribution is 2.23. The molecule has 2 aromatic rings.